The third-order valence-corrected chi connectivity index (χ3v) is 7.40. The van der Waals surface area contributed by atoms with Crippen molar-refractivity contribution in [1.29, 1.82) is 0 Å². The van der Waals surface area contributed by atoms with Crippen molar-refractivity contribution in [3.05, 3.63) is 59.5 Å². The summed E-state index contributed by atoms with van der Waals surface area (Å²) in [6, 6.07) is 9.49. The molecule has 1 saturated carbocycles. The van der Waals surface area contributed by atoms with Gasteiger partial charge in [-0.3, -0.25) is 9.52 Å². The van der Waals surface area contributed by atoms with Gasteiger partial charge in [-0.2, -0.15) is 5.10 Å². The maximum absolute atomic E-state index is 12.2. The van der Waals surface area contributed by atoms with Gasteiger partial charge in [0.2, 0.25) is 0 Å². The largest absolute Gasteiger partial charge is 0.279 e. The van der Waals surface area contributed by atoms with Crippen molar-refractivity contribution in [2.24, 2.45) is 16.9 Å². The van der Waals surface area contributed by atoms with Gasteiger partial charge in [-0.1, -0.05) is 18.2 Å². The molecule has 2 aromatic rings. The van der Waals surface area contributed by atoms with Crippen LogP contribution in [0.2, 0.25) is 0 Å². The SMILES string of the molecule is O=C(N/N=C1/C[C@@H]2C=CC[C@@H]12)c1ccc(NS(=O)(=O)c2cccs2)cc1. The van der Waals surface area contributed by atoms with Crippen LogP contribution in [0.4, 0.5) is 5.69 Å². The van der Waals surface area contributed by atoms with E-state index in [1.165, 1.54) is 0 Å². The van der Waals surface area contributed by atoms with Gasteiger partial charge in [-0.15, -0.1) is 11.3 Å². The monoisotopic (exact) mass is 387 g/mol. The van der Waals surface area contributed by atoms with Gasteiger partial charge in [-0.25, -0.2) is 13.8 Å². The first-order chi connectivity index (χ1) is 12.5. The summed E-state index contributed by atoms with van der Waals surface area (Å²) in [5.74, 6) is 0.727. The molecule has 8 heteroatoms. The van der Waals surface area contributed by atoms with Gasteiger partial charge in [0.1, 0.15) is 4.21 Å². The summed E-state index contributed by atoms with van der Waals surface area (Å²) >= 11 is 1.15. The lowest BCUT2D eigenvalue weighted by molar-refractivity contribution is 0.0954. The zero-order valence-corrected chi connectivity index (χ0v) is 15.4. The Morgan fingerprint density at radius 2 is 2.00 bits per heavy atom. The van der Waals surface area contributed by atoms with Crippen molar-refractivity contribution >= 4 is 38.7 Å². The first kappa shape index (κ1) is 17.0. The van der Waals surface area contributed by atoms with Crippen LogP contribution in [0.15, 0.2) is 63.2 Å². The van der Waals surface area contributed by atoms with Crippen LogP contribution in [0.1, 0.15) is 23.2 Å². The number of hydrogen-bond acceptors (Lipinski definition) is 5. The molecular weight excluding hydrogens is 370 g/mol. The Morgan fingerprint density at radius 1 is 1.19 bits per heavy atom. The Bertz CT molecular complexity index is 977. The van der Waals surface area contributed by atoms with Gasteiger partial charge in [-0.05, 0) is 54.5 Å². The van der Waals surface area contributed by atoms with Crippen molar-refractivity contribution in [3.63, 3.8) is 0 Å². The molecule has 2 aliphatic rings. The Labute approximate surface area is 155 Å². The number of carbonyl (C=O) groups is 1. The maximum atomic E-state index is 12.2. The molecule has 0 bridgehead atoms. The summed E-state index contributed by atoms with van der Waals surface area (Å²) in [7, 11) is -3.59. The van der Waals surface area contributed by atoms with E-state index < -0.39 is 10.0 Å². The fraction of sp³-hybridized carbons (Fsp3) is 0.222. The number of nitrogens with zero attached hydrogens (tertiary/aromatic N) is 1. The maximum Gasteiger partial charge on any atom is 0.271 e. The van der Waals surface area contributed by atoms with Crippen LogP contribution < -0.4 is 10.1 Å². The minimum atomic E-state index is -3.59. The molecule has 26 heavy (non-hydrogen) atoms. The molecule has 2 atom stereocenters. The van der Waals surface area contributed by atoms with E-state index in [9.17, 15) is 13.2 Å². The number of amides is 1. The van der Waals surface area contributed by atoms with E-state index >= 15 is 0 Å². The quantitative estimate of drug-likeness (QED) is 0.610. The lowest BCUT2D eigenvalue weighted by Gasteiger charge is -2.31. The molecule has 0 aliphatic heterocycles. The van der Waals surface area contributed by atoms with Crippen molar-refractivity contribution in [1.82, 2.24) is 5.43 Å². The fourth-order valence-electron chi connectivity index (χ4n) is 3.16. The lowest BCUT2D eigenvalue weighted by Crippen LogP contribution is -2.35. The molecule has 0 saturated heterocycles. The molecule has 1 amide bonds. The standard InChI is InChI=1S/C18H17N3O3S2/c22-18(20-19-16-11-13-3-1-4-15(13)16)12-6-8-14(9-7-12)21-26(23,24)17-5-2-10-25-17/h1-3,5-10,13,15,21H,4,11H2,(H,20,22)/b19-16-/t13-,15+/m0/s1. The first-order valence-corrected chi connectivity index (χ1v) is 10.6. The van der Waals surface area contributed by atoms with E-state index in [0.717, 1.165) is 29.9 Å². The second kappa shape index (κ2) is 6.69. The molecular formula is C18H17N3O3S2. The third kappa shape index (κ3) is 3.30. The van der Waals surface area contributed by atoms with Gasteiger partial charge < -0.3 is 0 Å². The number of allylic oxidation sites excluding steroid dienone is 2. The Morgan fingerprint density at radius 3 is 2.69 bits per heavy atom. The van der Waals surface area contributed by atoms with Crippen molar-refractivity contribution in [2.45, 2.75) is 17.1 Å². The Kier molecular flexibility index (Phi) is 4.37. The van der Waals surface area contributed by atoms with Crippen LogP contribution in [0.3, 0.4) is 0 Å². The number of hydrogen-bond donors (Lipinski definition) is 2. The van der Waals surface area contributed by atoms with E-state index in [1.54, 1.807) is 41.8 Å². The molecule has 0 spiro atoms. The predicted octanol–water partition coefficient (Wildman–Crippen LogP) is 3.23. The second-order valence-electron chi connectivity index (χ2n) is 6.30. The van der Waals surface area contributed by atoms with Crippen molar-refractivity contribution in [2.75, 3.05) is 4.72 Å². The summed E-state index contributed by atoms with van der Waals surface area (Å²) in [5.41, 5.74) is 4.45. The first-order valence-electron chi connectivity index (χ1n) is 8.23. The zero-order valence-electron chi connectivity index (χ0n) is 13.8. The van der Waals surface area contributed by atoms with Gasteiger partial charge >= 0.3 is 0 Å². The number of anilines is 1. The summed E-state index contributed by atoms with van der Waals surface area (Å²) in [5, 5.41) is 5.93. The number of carbonyl (C=O) groups excluding carboxylic acids is 1. The minimum absolute atomic E-state index is 0.246. The molecule has 1 heterocycles. The van der Waals surface area contributed by atoms with Crippen LogP contribution >= 0.6 is 11.3 Å². The van der Waals surface area contributed by atoms with Crippen molar-refractivity contribution in [3.8, 4) is 0 Å². The van der Waals surface area contributed by atoms with E-state index in [4.69, 9.17) is 0 Å². The highest BCUT2D eigenvalue weighted by Gasteiger charge is 2.38. The van der Waals surface area contributed by atoms with Gasteiger partial charge in [0.25, 0.3) is 15.9 Å². The number of sulfonamides is 1. The molecule has 1 aromatic heterocycles. The number of benzene rings is 1. The van der Waals surface area contributed by atoms with E-state index in [-0.39, 0.29) is 10.1 Å². The molecule has 6 nitrogen and oxygen atoms in total. The zero-order chi connectivity index (χ0) is 18.1. The molecule has 1 aromatic carbocycles. The number of fused-ring (bicyclic) bond motifs is 1. The number of nitrogens with one attached hydrogen (secondary N) is 2. The topological polar surface area (TPSA) is 87.6 Å². The summed E-state index contributed by atoms with van der Waals surface area (Å²) < 4.78 is 27.1. The molecule has 2 aliphatic carbocycles. The predicted molar refractivity (Wildman–Crippen MR) is 102 cm³/mol. The number of thiophene rings is 1. The van der Waals surface area contributed by atoms with Gasteiger partial charge in [0.05, 0.1) is 0 Å². The summed E-state index contributed by atoms with van der Waals surface area (Å²) in [4.78, 5) is 12.2. The average Bonchev–Trinajstić information content (AvgIpc) is 3.26. The van der Waals surface area contributed by atoms with Gasteiger partial charge in [0, 0.05) is 22.9 Å². The van der Waals surface area contributed by atoms with E-state index in [1.807, 2.05) is 0 Å². The van der Waals surface area contributed by atoms with Crippen LogP contribution in [0.5, 0.6) is 0 Å². The molecule has 134 valence electrons. The van der Waals surface area contributed by atoms with Crippen LogP contribution in [-0.2, 0) is 10.0 Å². The highest BCUT2D eigenvalue weighted by atomic mass is 32.2. The Hall–Kier alpha value is -2.45. The Balaban J connectivity index is 1.38. The van der Waals surface area contributed by atoms with Crippen molar-refractivity contribution < 1.29 is 13.2 Å². The summed E-state index contributed by atoms with van der Waals surface area (Å²) in [6.07, 6.45) is 6.28. The third-order valence-electron chi connectivity index (χ3n) is 4.62. The van der Waals surface area contributed by atoms with Gasteiger partial charge in [0.15, 0.2) is 0 Å². The highest BCUT2D eigenvalue weighted by molar-refractivity contribution is 7.94. The smallest absolute Gasteiger partial charge is 0.271 e. The van der Waals surface area contributed by atoms with E-state index in [2.05, 4.69) is 27.4 Å². The second-order valence-corrected chi connectivity index (χ2v) is 9.15. The van der Waals surface area contributed by atoms with E-state index in [0.29, 0.717) is 23.1 Å². The normalized spacial score (nSPS) is 22.7. The van der Waals surface area contributed by atoms with Crippen LogP contribution in [0.25, 0.3) is 0 Å². The average molecular weight is 387 g/mol. The molecule has 1 fully saturated rings. The molecule has 0 radical (unpaired) electrons. The molecule has 4 rings (SSSR count). The van der Waals surface area contributed by atoms with Crippen LogP contribution in [0, 0.1) is 11.8 Å². The van der Waals surface area contributed by atoms with Crippen LogP contribution in [-0.4, -0.2) is 20.0 Å². The number of hydrazone groups is 1. The highest BCUT2D eigenvalue weighted by Crippen LogP contribution is 2.40. The number of rotatable bonds is 5. The fourth-order valence-corrected chi connectivity index (χ4v) is 5.21. The lowest BCUT2D eigenvalue weighted by atomic mass is 9.74. The molecule has 2 N–H and O–H groups in total. The summed E-state index contributed by atoms with van der Waals surface area (Å²) in [6.45, 7) is 0. The molecule has 0 unspecified atom stereocenters. The minimum Gasteiger partial charge on any atom is -0.279 e.